The van der Waals surface area contributed by atoms with Crippen LogP contribution in [0.4, 0.5) is 29.1 Å². The van der Waals surface area contributed by atoms with Crippen LogP contribution < -0.4 is 10.6 Å². The van der Waals surface area contributed by atoms with Crippen molar-refractivity contribution in [1.29, 1.82) is 0 Å². The molecule has 4 nitrogen and oxygen atoms in total. The summed E-state index contributed by atoms with van der Waals surface area (Å²) in [5, 5.41) is 11.5. The van der Waals surface area contributed by atoms with Crippen LogP contribution in [0.25, 0.3) is 0 Å². The molecule has 0 spiro atoms. The molecule has 0 saturated carbocycles. The summed E-state index contributed by atoms with van der Waals surface area (Å²) < 4.78 is 51.7. The molecule has 1 aliphatic rings. The van der Waals surface area contributed by atoms with Gasteiger partial charge in [-0.3, -0.25) is 5.10 Å². The second-order valence-electron chi connectivity index (χ2n) is 5.46. The predicted octanol–water partition coefficient (Wildman–Crippen LogP) is 5.47. The van der Waals surface area contributed by atoms with Crippen molar-refractivity contribution < 1.29 is 17.6 Å². The van der Waals surface area contributed by atoms with Gasteiger partial charge in [-0.15, -0.1) is 0 Å². The molecular formula is C17H13ClF4N4. The van der Waals surface area contributed by atoms with E-state index in [-0.39, 0.29) is 10.8 Å². The lowest BCUT2D eigenvalue weighted by Crippen LogP contribution is -2.13. The second-order valence-corrected chi connectivity index (χ2v) is 5.90. The van der Waals surface area contributed by atoms with E-state index in [1.54, 1.807) is 12.2 Å². The second kappa shape index (κ2) is 7.25. The first-order chi connectivity index (χ1) is 12.3. The van der Waals surface area contributed by atoms with Crippen molar-refractivity contribution in [1.82, 2.24) is 10.2 Å². The molecule has 9 heteroatoms. The Morgan fingerprint density at radius 1 is 1.12 bits per heavy atom. The van der Waals surface area contributed by atoms with Crippen molar-refractivity contribution in [2.75, 3.05) is 10.6 Å². The Bertz CT molecular complexity index is 876. The molecule has 3 rings (SSSR count). The maximum absolute atomic E-state index is 13.6. The number of allylic oxidation sites excluding steroid dienone is 5. The van der Waals surface area contributed by atoms with Crippen LogP contribution in [0.3, 0.4) is 0 Å². The van der Waals surface area contributed by atoms with E-state index in [0.717, 1.165) is 17.7 Å². The topological polar surface area (TPSA) is 52.7 Å². The van der Waals surface area contributed by atoms with E-state index >= 15 is 0 Å². The number of anilines is 2. The van der Waals surface area contributed by atoms with Gasteiger partial charge in [0.2, 0.25) is 0 Å². The van der Waals surface area contributed by atoms with E-state index in [9.17, 15) is 17.6 Å². The lowest BCUT2D eigenvalue weighted by atomic mass is 10.1. The van der Waals surface area contributed by atoms with Gasteiger partial charge in [0.15, 0.2) is 5.82 Å². The fourth-order valence-electron chi connectivity index (χ4n) is 2.32. The summed E-state index contributed by atoms with van der Waals surface area (Å²) in [5.74, 6) is -0.201. The molecule has 0 saturated heterocycles. The Morgan fingerprint density at radius 3 is 2.54 bits per heavy atom. The average Bonchev–Trinajstić information content (AvgIpc) is 3.03. The maximum atomic E-state index is 13.6. The molecule has 1 aromatic carbocycles. The fourth-order valence-corrected chi connectivity index (χ4v) is 2.54. The average molecular weight is 385 g/mol. The van der Waals surface area contributed by atoms with Crippen molar-refractivity contribution in [3.63, 3.8) is 0 Å². The van der Waals surface area contributed by atoms with Gasteiger partial charge in [-0.2, -0.15) is 18.3 Å². The minimum atomic E-state index is -4.53. The Hall–Kier alpha value is -2.74. The summed E-state index contributed by atoms with van der Waals surface area (Å²) in [6.07, 6.45) is 3.29. The van der Waals surface area contributed by atoms with E-state index in [4.69, 9.17) is 11.6 Å². The number of H-pyrrole nitrogens is 1. The normalized spacial score (nSPS) is 15.9. The molecule has 0 bridgehead atoms. The number of hydrogen-bond acceptors (Lipinski definition) is 3. The molecule has 136 valence electrons. The standard InChI is InChI=1S/C17H13ClF4N4/c18-11-6-12(19)8-13(7-11)23-16(10-4-2-1-3-5-10)24-15-9-14(25-26-15)17(20,21)22/h1-4,6-9,23H,5H2,(H2,24,25,26). The SMILES string of the molecule is Fc1cc(Cl)cc(NC(Nc2cc(C(F)(F)F)[nH]n2)=C2C=CC=CC2)c1. The molecule has 0 unspecified atom stereocenters. The first-order valence-corrected chi connectivity index (χ1v) is 7.88. The number of halogens is 5. The maximum Gasteiger partial charge on any atom is 0.432 e. The molecule has 0 aliphatic heterocycles. The summed E-state index contributed by atoms with van der Waals surface area (Å²) >= 11 is 5.85. The van der Waals surface area contributed by atoms with Crippen LogP contribution in [0.2, 0.25) is 5.02 Å². The van der Waals surface area contributed by atoms with Crippen molar-refractivity contribution in [3.05, 3.63) is 76.5 Å². The number of rotatable bonds is 4. The van der Waals surface area contributed by atoms with Gasteiger partial charge in [0.25, 0.3) is 0 Å². The van der Waals surface area contributed by atoms with Gasteiger partial charge in [0.1, 0.15) is 17.3 Å². The van der Waals surface area contributed by atoms with Crippen molar-refractivity contribution in [2.24, 2.45) is 0 Å². The Kier molecular flexibility index (Phi) is 5.03. The number of nitrogens with zero attached hydrogens (tertiary/aromatic N) is 1. The Morgan fingerprint density at radius 2 is 1.92 bits per heavy atom. The van der Waals surface area contributed by atoms with E-state index in [0.29, 0.717) is 17.9 Å². The molecule has 1 aliphatic carbocycles. The molecule has 0 amide bonds. The van der Waals surface area contributed by atoms with Gasteiger partial charge in [0.05, 0.1) is 0 Å². The first kappa shape index (κ1) is 18.1. The van der Waals surface area contributed by atoms with Gasteiger partial charge < -0.3 is 10.6 Å². The smallest absolute Gasteiger partial charge is 0.341 e. The van der Waals surface area contributed by atoms with Crippen molar-refractivity contribution in [2.45, 2.75) is 12.6 Å². The third-order valence-electron chi connectivity index (χ3n) is 3.47. The van der Waals surface area contributed by atoms with Gasteiger partial charge in [-0.25, -0.2) is 4.39 Å². The Labute approximate surface area is 151 Å². The van der Waals surface area contributed by atoms with Gasteiger partial charge in [-0.1, -0.05) is 35.9 Å². The molecule has 3 N–H and O–H groups in total. The summed E-state index contributed by atoms with van der Waals surface area (Å²) in [4.78, 5) is 0. The summed E-state index contributed by atoms with van der Waals surface area (Å²) in [6, 6.07) is 4.73. The molecule has 0 atom stereocenters. The van der Waals surface area contributed by atoms with E-state index in [1.165, 1.54) is 12.1 Å². The zero-order valence-corrected chi connectivity index (χ0v) is 13.9. The fraction of sp³-hybridized carbons (Fsp3) is 0.118. The number of aromatic nitrogens is 2. The van der Waals surface area contributed by atoms with Crippen molar-refractivity contribution in [3.8, 4) is 0 Å². The molecule has 0 fully saturated rings. The number of benzene rings is 1. The van der Waals surface area contributed by atoms with Crippen LogP contribution in [0.5, 0.6) is 0 Å². The van der Waals surface area contributed by atoms with E-state index in [2.05, 4.69) is 15.7 Å². The number of aromatic amines is 1. The van der Waals surface area contributed by atoms with Crippen LogP contribution in [-0.4, -0.2) is 10.2 Å². The highest BCUT2D eigenvalue weighted by atomic mass is 35.5. The quantitative estimate of drug-likeness (QED) is 0.612. The lowest BCUT2D eigenvalue weighted by molar-refractivity contribution is -0.141. The molecule has 2 aromatic rings. The summed E-state index contributed by atoms with van der Waals surface area (Å²) in [7, 11) is 0. The summed E-state index contributed by atoms with van der Waals surface area (Å²) in [6.45, 7) is 0. The lowest BCUT2D eigenvalue weighted by Gasteiger charge is -2.17. The highest BCUT2D eigenvalue weighted by Gasteiger charge is 2.33. The highest BCUT2D eigenvalue weighted by molar-refractivity contribution is 6.30. The number of alkyl halides is 3. The van der Waals surface area contributed by atoms with Gasteiger partial charge in [0, 0.05) is 16.8 Å². The third kappa shape index (κ3) is 4.45. The largest absolute Gasteiger partial charge is 0.432 e. The predicted molar refractivity (Wildman–Crippen MR) is 92.2 cm³/mol. The van der Waals surface area contributed by atoms with E-state index in [1.807, 2.05) is 17.3 Å². The minimum Gasteiger partial charge on any atom is -0.341 e. The van der Waals surface area contributed by atoms with Crippen LogP contribution in [0, 0.1) is 5.82 Å². The zero-order valence-electron chi connectivity index (χ0n) is 13.2. The summed E-state index contributed by atoms with van der Waals surface area (Å²) in [5.41, 5.74) is 0.126. The molecule has 1 aromatic heterocycles. The zero-order chi connectivity index (χ0) is 18.7. The van der Waals surface area contributed by atoms with Crippen LogP contribution in [-0.2, 0) is 6.18 Å². The van der Waals surface area contributed by atoms with Gasteiger partial charge >= 0.3 is 6.18 Å². The first-order valence-electron chi connectivity index (χ1n) is 7.50. The molecular weight excluding hydrogens is 372 g/mol. The van der Waals surface area contributed by atoms with Gasteiger partial charge in [-0.05, 0) is 30.2 Å². The van der Waals surface area contributed by atoms with Crippen LogP contribution in [0.15, 0.2) is 60.0 Å². The Balaban J connectivity index is 1.90. The molecule has 0 radical (unpaired) electrons. The molecule has 26 heavy (non-hydrogen) atoms. The van der Waals surface area contributed by atoms with Crippen molar-refractivity contribution >= 4 is 23.1 Å². The minimum absolute atomic E-state index is 0.0298. The van der Waals surface area contributed by atoms with Crippen LogP contribution >= 0.6 is 11.6 Å². The number of hydrogen-bond donors (Lipinski definition) is 3. The third-order valence-corrected chi connectivity index (χ3v) is 3.69. The highest BCUT2D eigenvalue weighted by Crippen LogP contribution is 2.30. The monoisotopic (exact) mass is 384 g/mol. The van der Waals surface area contributed by atoms with Crippen LogP contribution in [0.1, 0.15) is 12.1 Å². The molecule has 1 heterocycles. The van der Waals surface area contributed by atoms with E-state index < -0.39 is 17.7 Å². The number of nitrogens with one attached hydrogen (secondary N) is 3.